The first-order valence-corrected chi connectivity index (χ1v) is 7.22. The third-order valence-electron chi connectivity index (χ3n) is 3.61. The van der Waals surface area contributed by atoms with Crippen molar-refractivity contribution in [1.82, 2.24) is 0 Å². The highest BCUT2D eigenvalue weighted by Crippen LogP contribution is 2.19. The number of rotatable bonds is 5. The normalized spacial score (nSPS) is 28.8. The first-order chi connectivity index (χ1) is 8.88. The first-order valence-electron chi connectivity index (χ1n) is 7.22. The SMILES string of the molecule is COC1=NC(CCCOC2CCCCO2)CCC1. The third kappa shape index (κ3) is 4.58. The number of nitrogens with zero attached hydrogens (tertiary/aromatic N) is 1. The van der Waals surface area contributed by atoms with Gasteiger partial charge in [-0.25, -0.2) is 0 Å². The second kappa shape index (κ2) is 7.74. The Kier molecular flexibility index (Phi) is 5.94. The molecule has 0 spiro atoms. The average molecular weight is 255 g/mol. The maximum absolute atomic E-state index is 5.73. The summed E-state index contributed by atoms with van der Waals surface area (Å²) in [5, 5.41) is 0. The molecule has 2 aliphatic heterocycles. The Morgan fingerprint density at radius 1 is 1.28 bits per heavy atom. The van der Waals surface area contributed by atoms with Crippen LogP contribution >= 0.6 is 0 Å². The summed E-state index contributed by atoms with van der Waals surface area (Å²) in [6, 6.07) is 0.435. The van der Waals surface area contributed by atoms with Gasteiger partial charge in [0.1, 0.15) is 0 Å². The Hall–Kier alpha value is -0.610. The van der Waals surface area contributed by atoms with Crippen LogP contribution in [0.1, 0.15) is 51.4 Å². The van der Waals surface area contributed by atoms with Gasteiger partial charge < -0.3 is 14.2 Å². The Morgan fingerprint density at radius 2 is 2.22 bits per heavy atom. The molecule has 0 aromatic rings. The molecule has 2 heterocycles. The van der Waals surface area contributed by atoms with Gasteiger partial charge >= 0.3 is 0 Å². The second-order valence-electron chi connectivity index (χ2n) is 5.08. The highest BCUT2D eigenvalue weighted by atomic mass is 16.7. The van der Waals surface area contributed by atoms with Gasteiger partial charge in [0.05, 0.1) is 13.2 Å². The zero-order valence-corrected chi connectivity index (χ0v) is 11.4. The summed E-state index contributed by atoms with van der Waals surface area (Å²) in [5.74, 6) is 0.919. The van der Waals surface area contributed by atoms with E-state index in [4.69, 9.17) is 14.2 Å². The van der Waals surface area contributed by atoms with E-state index in [0.29, 0.717) is 6.04 Å². The highest BCUT2D eigenvalue weighted by Gasteiger charge is 2.16. The van der Waals surface area contributed by atoms with Gasteiger partial charge in [-0.15, -0.1) is 0 Å². The van der Waals surface area contributed by atoms with E-state index in [1.807, 2.05) is 0 Å². The van der Waals surface area contributed by atoms with E-state index >= 15 is 0 Å². The van der Waals surface area contributed by atoms with Crippen molar-refractivity contribution in [2.45, 2.75) is 63.7 Å². The molecule has 18 heavy (non-hydrogen) atoms. The van der Waals surface area contributed by atoms with Gasteiger partial charge in [-0.1, -0.05) is 0 Å². The third-order valence-corrected chi connectivity index (χ3v) is 3.61. The van der Waals surface area contributed by atoms with E-state index < -0.39 is 0 Å². The van der Waals surface area contributed by atoms with E-state index in [2.05, 4.69) is 4.99 Å². The molecule has 0 radical (unpaired) electrons. The number of hydrogen-bond donors (Lipinski definition) is 0. The van der Waals surface area contributed by atoms with Gasteiger partial charge in [-0.3, -0.25) is 4.99 Å². The van der Waals surface area contributed by atoms with Crippen LogP contribution in [0.25, 0.3) is 0 Å². The smallest absolute Gasteiger partial charge is 0.183 e. The second-order valence-corrected chi connectivity index (χ2v) is 5.08. The summed E-state index contributed by atoms with van der Waals surface area (Å²) < 4.78 is 16.5. The van der Waals surface area contributed by atoms with Crippen molar-refractivity contribution in [2.24, 2.45) is 4.99 Å². The van der Waals surface area contributed by atoms with Gasteiger partial charge in [0.25, 0.3) is 0 Å². The van der Waals surface area contributed by atoms with E-state index in [9.17, 15) is 0 Å². The number of aliphatic imine (C=N–C) groups is 1. The highest BCUT2D eigenvalue weighted by molar-refractivity contribution is 5.76. The van der Waals surface area contributed by atoms with Crippen molar-refractivity contribution in [3.8, 4) is 0 Å². The number of methoxy groups -OCH3 is 1. The minimum absolute atomic E-state index is 0.0446. The molecular weight excluding hydrogens is 230 g/mol. The predicted molar refractivity (Wildman–Crippen MR) is 70.9 cm³/mol. The summed E-state index contributed by atoms with van der Waals surface area (Å²) in [6.45, 7) is 1.65. The zero-order chi connectivity index (χ0) is 12.6. The molecule has 0 N–H and O–H groups in total. The number of ether oxygens (including phenoxy) is 3. The Morgan fingerprint density at radius 3 is 3.00 bits per heavy atom. The van der Waals surface area contributed by atoms with Crippen molar-refractivity contribution in [1.29, 1.82) is 0 Å². The van der Waals surface area contributed by atoms with E-state index in [1.165, 1.54) is 25.7 Å². The van der Waals surface area contributed by atoms with Gasteiger partial charge in [0, 0.05) is 19.6 Å². The molecule has 0 aromatic carbocycles. The van der Waals surface area contributed by atoms with E-state index in [-0.39, 0.29) is 6.29 Å². The molecule has 1 fully saturated rings. The summed E-state index contributed by atoms with van der Waals surface area (Å²) in [5.41, 5.74) is 0. The van der Waals surface area contributed by atoms with Crippen LogP contribution in [0.4, 0.5) is 0 Å². The Balaban J connectivity index is 1.57. The fraction of sp³-hybridized carbons (Fsp3) is 0.929. The lowest BCUT2D eigenvalue weighted by atomic mass is 10.0. The topological polar surface area (TPSA) is 40.0 Å². The van der Waals surface area contributed by atoms with Crippen molar-refractivity contribution in [3.63, 3.8) is 0 Å². The van der Waals surface area contributed by atoms with E-state index in [1.54, 1.807) is 7.11 Å². The zero-order valence-electron chi connectivity index (χ0n) is 11.4. The molecule has 0 bridgehead atoms. The summed E-state index contributed by atoms with van der Waals surface area (Å²) in [6.07, 6.45) is 9.05. The van der Waals surface area contributed by atoms with Crippen LogP contribution in [0.3, 0.4) is 0 Å². The number of hydrogen-bond acceptors (Lipinski definition) is 4. The molecule has 0 amide bonds. The van der Waals surface area contributed by atoms with Crippen molar-refractivity contribution in [2.75, 3.05) is 20.3 Å². The largest absolute Gasteiger partial charge is 0.484 e. The molecule has 0 aromatic heterocycles. The quantitative estimate of drug-likeness (QED) is 0.709. The molecule has 104 valence electrons. The Labute approximate surface area is 110 Å². The minimum Gasteiger partial charge on any atom is -0.484 e. The van der Waals surface area contributed by atoms with Crippen molar-refractivity contribution < 1.29 is 14.2 Å². The lowest BCUT2D eigenvalue weighted by molar-refractivity contribution is -0.162. The average Bonchev–Trinajstić information content (AvgIpc) is 2.45. The fourth-order valence-electron chi connectivity index (χ4n) is 2.56. The van der Waals surface area contributed by atoms with Crippen LogP contribution in [0.5, 0.6) is 0 Å². The van der Waals surface area contributed by atoms with Crippen LogP contribution in [0, 0.1) is 0 Å². The molecule has 2 aliphatic rings. The van der Waals surface area contributed by atoms with E-state index in [0.717, 1.165) is 44.8 Å². The lowest BCUT2D eigenvalue weighted by Gasteiger charge is -2.23. The molecule has 4 nitrogen and oxygen atoms in total. The molecule has 2 rings (SSSR count). The summed E-state index contributed by atoms with van der Waals surface area (Å²) >= 11 is 0. The molecule has 2 unspecified atom stereocenters. The fourth-order valence-corrected chi connectivity index (χ4v) is 2.56. The molecule has 0 aliphatic carbocycles. The van der Waals surface area contributed by atoms with Crippen LogP contribution in [-0.4, -0.2) is 38.6 Å². The molecule has 4 heteroatoms. The first kappa shape index (κ1) is 13.8. The molecule has 1 saturated heterocycles. The predicted octanol–water partition coefficient (Wildman–Crippen LogP) is 2.91. The lowest BCUT2D eigenvalue weighted by Crippen LogP contribution is -2.23. The maximum Gasteiger partial charge on any atom is 0.183 e. The maximum atomic E-state index is 5.73. The van der Waals surface area contributed by atoms with Gasteiger partial charge in [-0.2, -0.15) is 0 Å². The van der Waals surface area contributed by atoms with Crippen LogP contribution in [-0.2, 0) is 14.2 Å². The van der Waals surface area contributed by atoms with Gasteiger partial charge in [0.15, 0.2) is 12.2 Å². The van der Waals surface area contributed by atoms with Crippen molar-refractivity contribution in [3.05, 3.63) is 0 Å². The minimum atomic E-state index is 0.0446. The standard InChI is InChI=1S/C14H25NO3/c1-16-13-8-4-6-12(15-13)7-5-11-18-14-9-2-3-10-17-14/h12,14H,2-11H2,1H3. The molecular formula is C14H25NO3. The van der Waals surface area contributed by atoms with Crippen molar-refractivity contribution >= 4 is 5.90 Å². The van der Waals surface area contributed by atoms with Gasteiger partial charge in [-0.05, 0) is 44.9 Å². The monoisotopic (exact) mass is 255 g/mol. The van der Waals surface area contributed by atoms with Crippen LogP contribution < -0.4 is 0 Å². The molecule has 0 saturated carbocycles. The Bertz CT molecular complexity index is 262. The van der Waals surface area contributed by atoms with Crippen LogP contribution in [0.15, 0.2) is 4.99 Å². The van der Waals surface area contributed by atoms with Gasteiger partial charge in [0.2, 0.25) is 0 Å². The summed E-state index contributed by atoms with van der Waals surface area (Å²) in [7, 11) is 1.71. The summed E-state index contributed by atoms with van der Waals surface area (Å²) in [4.78, 5) is 4.59. The van der Waals surface area contributed by atoms with Crippen LogP contribution in [0.2, 0.25) is 0 Å². The molecule has 2 atom stereocenters.